The van der Waals surface area contributed by atoms with E-state index >= 15 is 0 Å². The molecule has 4 rings (SSSR count). The topological polar surface area (TPSA) is 81.7 Å². The molecule has 0 saturated carbocycles. The second-order valence-electron chi connectivity index (χ2n) is 7.27. The van der Waals surface area contributed by atoms with Crippen molar-refractivity contribution in [3.8, 4) is 11.5 Å². The minimum Gasteiger partial charge on any atom is -0.507 e. The molecule has 7 heteroatoms. The highest BCUT2D eigenvalue weighted by atomic mass is 16.5. The van der Waals surface area contributed by atoms with Crippen LogP contribution < -0.4 is 4.74 Å². The van der Waals surface area contributed by atoms with Gasteiger partial charge < -0.3 is 19.7 Å². The van der Waals surface area contributed by atoms with Crippen molar-refractivity contribution in [3.63, 3.8) is 0 Å². The number of likely N-dealkylation sites (N-methyl/N-ethyl adjacent to an activating group) is 1. The number of hydrogen-bond acceptors (Lipinski definition) is 5. The minimum absolute atomic E-state index is 0.0397. The summed E-state index contributed by atoms with van der Waals surface area (Å²) in [6.45, 7) is 5.46. The lowest BCUT2D eigenvalue weighted by atomic mass is 9.78. The number of ether oxygens (including phenoxy) is 1. The number of rotatable bonds is 3. The fourth-order valence-corrected chi connectivity index (χ4v) is 4.61. The summed E-state index contributed by atoms with van der Waals surface area (Å²) in [6.07, 6.45) is 4.48. The highest BCUT2D eigenvalue weighted by molar-refractivity contribution is 5.97. The maximum Gasteiger partial charge on any atom is 0.257 e. The predicted octanol–water partition coefficient (Wildman–Crippen LogP) is 2.13. The van der Waals surface area contributed by atoms with Gasteiger partial charge in [-0.3, -0.25) is 9.69 Å². The zero-order chi connectivity index (χ0) is 19.0. The molecule has 2 aliphatic heterocycles. The number of aromatic amines is 1. The molecule has 27 heavy (non-hydrogen) atoms. The highest BCUT2D eigenvalue weighted by Gasteiger charge is 2.46. The number of hydrogen-bond donors (Lipinski definition) is 2. The summed E-state index contributed by atoms with van der Waals surface area (Å²) in [5.74, 6) is 0.363. The van der Waals surface area contributed by atoms with Gasteiger partial charge in [-0.15, -0.1) is 0 Å². The van der Waals surface area contributed by atoms with E-state index in [1.165, 1.54) is 18.9 Å². The Labute approximate surface area is 159 Å². The molecule has 0 radical (unpaired) electrons. The Kier molecular flexibility index (Phi) is 4.55. The van der Waals surface area contributed by atoms with Crippen molar-refractivity contribution in [2.45, 2.75) is 31.7 Å². The number of methoxy groups -OCH3 is 1. The SMILES string of the molecule is CCN1CCc2[nH]cnc2C12CCN(C(=O)c1ccc(OC)cc1O)CC2. The molecule has 0 atom stereocenters. The zero-order valence-corrected chi connectivity index (χ0v) is 15.9. The Morgan fingerprint density at radius 3 is 2.78 bits per heavy atom. The van der Waals surface area contributed by atoms with Crippen molar-refractivity contribution in [3.05, 3.63) is 41.5 Å². The van der Waals surface area contributed by atoms with Crippen LogP contribution in [0.25, 0.3) is 0 Å². The van der Waals surface area contributed by atoms with E-state index in [1.54, 1.807) is 18.5 Å². The Hall–Kier alpha value is -2.54. The van der Waals surface area contributed by atoms with Crippen LogP contribution in [-0.4, -0.2) is 64.1 Å². The molecular formula is C20H26N4O3. The number of carbonyl (C=O) groups is 1. The zero-order valence-electron chi connectivity index (χ0n) is 15.9. The number of carbonyl (C=O) groups excluding carboxylic acids is 1. The van der Waals surface area contributed by atoms with Gasteiger partial charge in [-0.1, -0.05) is 6.92 Å². The van der Waals surface area contributed by atoms with E-state index in [2.05, 4.69) is 21.8 Å². The van der Waals surface area contributed by atoms with Gasteiger partial charge in [0.1, 0.15) is 11.5 Å². The first-order chi connectivity index (χ1) is 13.1. The van der Waals surface area contributed by atoms with Crippen LogP contribution in [0.4, 0.5) is 0 Å². The first-order valence-electron chi connectivity index (χ1n) is 9.53. The highest BCUT2D eigenvalue weighted by Crippen LogP contribution is 2.42. The molecule has 0 unspecified atom stereocenters. The number of imidazole rings is 1. The number of piperidine rings is 1. The molecule has 1 aromatic carbocycles. The lowest BCUT2D eigenvalue weighted by Gasteiger charge is -2.50. The van der Waals surface area contributed by atoms with Gasteiger partial charge in [0.25, 0.3) is 5.91 Å². The summed E-state index contributed by atoms with van der Waals surface area (Å²) in [5.41, 5.74) is 2.60. The van der Waals surface area contributed by atoms with Crippen molar-refractivity contribution in [1.82, 2.24) is 19.8 Å². The number of aromatic nitrogens is 2. The normalized spacial score (nSPS) is 19.1. The Bertz CT molecular complexity index is 840. The Morgan fingerprint density at radius 1 is 1.33 bits per heavy atom. The predicted molar refractivity (Wildman–Crippen MR) is 101 cm³/mol. The molecule has 1 fully saturated rings. The quantitative estimate of drug-likeness (QED) is 0.865. The Balaban J connectivity index is 1.54. The van der Waals surface area contributed by atoms with Crippen LogP contribution in [0, 0.1) is 0 Å². The van der Waals surface area contributed by atoms with Crippen LogP contribution in [0.2, 0.25) is 0 Å². The smallest absolute Gasteiger partial charge is 0.257 e. The number of phenolic OH excluding ortho intramolecular Hbond substituents is 1. The first-order valence-corrected chi connectivity index (χ1v) is 9.53. The molecule has 7 nitrogen and oxygen atoms in total. The number of H-pyrrole nitrogens is 1. The molecule has 1 amide bonds. The number of nitrogens with one attached hydrogen (secondary N) is 1. The number of likely N-dealkylation sites (tertiary alicyclic amines) is 1. The summed E-state index contributed by atoms with van der Waals surface area (Å²) in [6, 6.07) is 4.81. The number of benzene rings is 1. The van der Waals surface area contributed by atoms with Crippen LogP contribution >= 0.6 is 0 Å². The van der Waals surface area contributed by atoms with E-state index in [4.69, 9.17) is 4.74 Å². The summed E-state index contributed by atoms with van der Waals surface area (Å²) >= 11 is 0. The molecular weight excluding hydrogens is 344 g/mol. The van der Waals surface area contributed by atoms with Gasteiger partial charge in [-0.25, -0.2) is 4.98 Å². The molecule has 1 aromatic heterocycles. The van der Waals surface area contributed by atoms with Crippen molar-refractivity contribution >= 4 is 5.91 Å². The lowest BCUT2D eigenvalue weighted by molar-refractivity contribution is 0.0102. The first kappa shape index (κ1) is 17.9. The van der Waals surface area contributed by atoms with Crippen molar-refractivity contribution < 1.29 is 14.6 Å². The summed E-state index contributed by atoms with van der Waals surface area (Å²) in [7, 11) is 1.54. The molecule has 2 aliphatic rings. The van der Waals surface area contributed by atoms with E-state index in [9.17, 15) is 9.90 Å². The van der Waals surface area contributed by atoms with Crippen molar-refractivity contribution in [2.24, 2.45) is 0 Å². The second kappa shape index (κ2) is 6.88. The van der Waals surface area contributed by atoms with Gasteiger partial charge >= 0.3 is 0 Å². The van der Waals surface area contributed by atoms with Gasteiger partial charge in [0, 0.05) is 37.8 Å². The molecule has 1 saturated heterocycles. The molecule has 1 spiro atoms. The van der Waals surface area contributed by atoms with Gasteiger partial charge in [-0.05, 0) is 31.5 Å². The summed E-state index contributed by atoms with van der Waals surface area (Å²) < 4.78 is 5.10. The van der Waals surface area contributed by atoms with Gasteiger partial charge in [0.2, 0.25) is 0 Å². The number of amides is 1. The van der Waals surface area contributed by atoms with Crippen LogP contribution in [0.3, 0.4) is 0 Å². The van der Waals surface area contributed by atoms with E-state index < -0.39 is 0 Å². The van der Waals surface area contributed by atoms with Crippen molar-refractivity contribution in [1.29, 1.82) is 0 Å². The molecule has 2 N–H and O–H groups in total. The third-order valence-electron chi connectivity index (χ3n) is 6.09. The number of aromatic hydroxyl groups is 1. The van der Waals surface area contributed by atoms with Crippen LogP contribution in [-0.2, 0) is 12.0 Å². The van der Waals surface area contributed by atoms with Gasteiger partial charge in [0.05, 0.1) is 30.2 Å². The number of phenols is 1. The fraction of sp³-hybridized carbons (Fsp3) is 0.500. The molecule has 3 heterocycles. The largest absolute Gasteiger partial charge is 0.507 e. The van der Waals surface area contributed by atoms with E-state index in [1.807, 2.05) is 4.90 Å². The second-order valence-corrected chi connectivity index (χ2v) is 7.27. The summed E-state index contributed by atoms with van der Waals surface area (Å²) in [4.78, 5) is 25.2. The molecule has 144 valence electrons. The fourth-order valence-electron chi connectivity index (χ4n) is 4.61. The van der Waals surface area contributed by atoms with Crippen LogP contribution in [0.5, 0.6) is 11.5 Å². The molecule has 0 bridgehead atoms. The molecule has 2 aromatic rings. The van der Waals surface area contributed by atoms with Crippen LogP contribution in [0.15, 0.2) is 24.5 Å². The minimum atomic E-state index is -0.133. The van der Waals surface area contributed by atoms with Gasteiger partial charge in [0.15, 0.2) is 0 Å². The van der Waals surface area contributed by atoms with Gasteiger partial charge in [-0.2, -0.15) is 0 Å². The van der Waals surface area contributed by atoms with E-state index in [0.717, 1.165) is 38.0 Å². The maximum atomic E-state index is 12.9. The standard InChI is InChI=1S/C20H26N4O3/c1-3-24-9-6-16-18(22-13-21-16)20(24)7-10-23(11-8-20)19(26)15-5-4-14(27-2)12-17(15)25/h4-5,12-13,25H,3,6-11H2,1-2H3,(H,21,22). The van der Waals surface area contributed by atoms with Crippen molar-refractivity contribution in [2.75, 3.05) is 33.3 Å². The van der Waals surface area contributed by atoms with Crippen LogP contribution in [0.1, 0.15) is 41.5 Å². The average molecular weight is 370 g/mol. The monoisotopic (exact) mass is 370 g/mol. The average Bonchev–Trinajstić information content (AvgIpc) is 3.18. The maximum absolute atomic E-state index is 12.9. The third kappa shape index (κ3) is 2.86. The third-order valence-corrected chi connectivity index (χ3v) is 6.09. The Morgan fingerprint density at radius 2 is 2.11 bits per heavy atom. The molecule has 0 aliphatic carbocycles. The number of fused-ring (bicyclic) bond motifs is 2. The lowest BCUT2D eigenvalue weighted by Crippen LogP contribution is -2.57. The van der Waals surface area contributed by atoms with E-state index in [0.29, 0.717) is 24.4 Å². The number of nitrogens with zero attached hydrogens (tertiary/aromatic N) is 3. The summed E-state index contributed by atoms with van der Waals surface area (Å²) in [5, 5.41) is 10.2. The van der Waals surface area contributed by atoms with E-state index in [-0.39, 0.29) is 17.2 Å².